The molecule has 1 saturated carbocycles. The highest BCUT2D eigenvalue weighted by atomic mass is 16.3. The maximum Gasteiger partial charge on any atom is 0.255 e. The molecule has 1 aliphatic rings. The Kier molecular flexibility index (Phi) is 4.30. The van der Waals surface area contributed by atoms with E-state index in [1.165, 1.54) is 0 Å². The average molecular weight is 337 g/mol. The molecule has 1 N–H and O–H groups in total. The Morgan fingerprint density at radius 1 is 1.24 bits per heavy atom. The first-order valence-electron chi connectivity index (χ1n) is 8.96. The summed E-state index contributed by atoms with van der Waals surface area (Å²) in [6, 6.07) is 7.80. The molecule has 0 saturated heterocycles. The second kappa shape index (κ2) is 6.75. The highest BCUT2D eigenvalue weighted by molar-refractivity contribution is 6.00. The molecule has 1 aliphatic carbocycles. The molecule has 1 amide bonds. The molecule has 0 unspecified atom stereocenters. The van der Waals surface area contributed by atoms with Crippen molar-refractivity contribution >= 4 is 11.6 Å². The summed E-state index contributed by atoms with van der Waals surface area (Å²) in [6.45, 7) is 2.67. The van der Waals surface area contributed by atoms with E-state index < -0.39 is 0 Å². The summed E-state index contributed by atoms with van der Waals surface area (Å²) in [7, 11) is 0. The van der Waals surface area contributed by atoms with Crippen LogP contribution in [0.1, 0.15) is 53.4 Å². The van der Waals surface area contributed by atoms with Crippen molar-refractivity contribution in [2.24, 2.45) is 5.92 Å². The SMILES string of the molecule is Cc1ccn2ccc(C(=O)NCC3CCC(c4ccco4)CC3)c2n1. The van der Waals surface area contributed by atoms with Crippen LogP contribution in [-0.2, 0) is 0 Å². The van der Waals surface area contributed by atoms with E-state index in [1.807, 2.05) is 41.9 Å². The number of nitrogens with zero attached hydrogens (tertiary/aromatic N) is 2. The largest absolute Gasteiger partial charge is 0.469 e. The van der Waals surface area contributed by atoms with Crippen molar-refractivity contribution in [3.63, 3.8) is 0 Å². The third-order valence-corrected chi connectivity index (χ3v) is 5.23. The van der Waals surface area contributed by atoms with Crippen molar-refractivity contribution in [2.45, 2.75) is 38.5 Å². The summed E-state index contributed by atoms with van der Waals surface area (Å²) in [4.78, 5) is 17.0. The van der Waals surface area contributed by atoms with Crippen LogP contribution in [0.25, 0.3) is 5.65 Å². The van der Waals surface area contributed by atoms with E-state index in [-0.39, 0.29) is 5.91 Å². The Balaban J connectivity index is 1.34. The zero-order valence-corrected chi connectivity index (χ0v) is 14.4. The van der Waals surface area contributed by atoms with Crippen LogP contribution in [0.5, 0.6) is 0 Å². The van der Waals surface area contributed by atoms with Crippen LogP contribution < -0.4 is 5.32 Å². The average Bonchev–Trinajstić information content (AvgIpc) is 3.29. The van der Waals surface area contributed by atoms with Gasteiger partial charge < -0.3 is 14.1 Å². The number of hydrogen-bond donors (Lipinski definition) is 1. The van der Waals surface area contributed by atoms with Gasteiger partial charge in [-0.3, -0.25) is 4.79 Å². The van der Waals surface area contributed by atoms with Gasteiger partial charge in [0.2, 0.25) is 0 Å². The summed E-state index contributed by atoms with van der Waals surface area (Å²) in [5, 5.41) is 3.10. The maximum absolute atomic E-state index is 12.5. The van der Waals surface area contributed by atoms with Crippen LogP contribution in [0, 0.1) is 12.8 Å². The zero-order valence-electron chi connectivity index (χ0n) is 14.4. The second-order valence-electron chi connectivity index (χ2n) is 6.97. The molecule has 0 aromatic carbocycles. The number of aryl methyl sites for hydroxylation is 1. The lowest BCUT2D eigenvalue weighted by atomic mass is 9.81. The number of fused-ring (bicyclic) bond motifs is 1. The second-order valence-corrected chi connectivity index (χ2v) is 6.97. The summed E-state index contributed by atoms with van der Waals surface area (Å²) in [5.74, 6) is 2.14. The number of aromatic nitrogens is 2. The summed E-state index contributed by atoms with van der Waals surface area (Å²) in [5.41, 5.74) is 2.28. The Morgan fingerprint density at radius 3 is 2.80 bits per heavy atom. The number of nitrogens with one attached hydrogen (secondary N) is 1. The third kappa shape index (κ3) is 3.31. The molecule has 5 heteroatoms. The number of rotatable bonds is 4. The predicted octanol–water partition coefficient (Wildman–Crippen LogP) is 3.94. The Labute approximate surface area is 147 Å². The van der Waals surface area contributed by atoms with E-state index in [4.69, 9.17) is 4.42 Å². The molecule has 1 fully saturated rings. The highest BCUT2D eigenvalue weighted by Gasteiger charge is 2.24. The van der Waals surface area contributed by atoms with E-state index in [9.17, 15) is 4.79 Å². The van der Waals surface area contributed by atoms with Gasteiger partial charge in [-0.2, -0.15) is 0 Å². The zero-order chi connectivity index (χ0) is 17.2. The fraction of sp³-hybridized carbons (Fsp3) is 0.400. The van der Waals surface area contributed by atoms with E-state index in [1.54, 1.807) is 6.26 Å². The molecule has 130 valence electrons. The Bertz CT molecular complexity index is 858. The lowest BCUT2D eigenvalue weighted by Crippen LogP contribution is -2.31. The van der Waals surface area contributed by atoms with E-state index >= 15 is 0 Å². The van der Waals surface area contributed by atoms with Gasteiger partial charge in [0.05, 0.1) is 11.8 Å². The van der Waals surface area contributed by atoms with Crippen LogP contribution in [0.3, 0.4) is 0 Å². The molecule has 0 bridgehead atoms. The number of hydrogen-bond acceptors (Lipinski definition) is 3. The third-order valence-electron chi connectivity index (χ3n) is 5.23. The topological polar surface area (TPSA) is 59.5 Å². The molecular formula is C20H23N3O2. The van der Waals surface area contributed by atoms with Crippen LogP contribution in [0.15, 0.2) is 47.3 Å². The van der Waals surface area contributed by atoms with Crippen LogP contribution in [0.2, 0.25) is 0 Å². The lowest BCUT2D eigenvalue weighted by molar-refractivity contribution is 0.0944. The van der Waals surface area contributed by atoms with Gasteiger partial charge in [-0.25, -0.2) is 4.98 Å². The summed E-state index contributed by atoms with van der Waals surface area (Å²) in [6.07, 6.45) is 10.1. The van der Waals surface area contributed by atoms with Crippen molar-refractivity contribution in [2.75, 3.05) is 6.54 Å². The van der Waals surface area contributed by atoms with Crippen molar-refractivity contribution in [3.8, 4) is 0 Å². The minimum atomic E-state index is -0.0336. The van der Waals surface area contributed by atoms with Crippen LogP contribution in [0.4, 0.5) is 0 Å². The lowest BCUT2D eigenvalue weighted by Gasteiger charge is -2.27. The van der Waals surface area contributed by atoms with Crippen molar-refractivity contribution in [3.05, 3.63) is 59.9 Å². The molecule has 0 atom stereocenters. The molecule has 25 heavy (non-hydrogen) atoms. The monoisotopic (exact) mass is 337 g/mol. The van der Waals surface area contributed by atoms with E-state index in [2.05, 4.69) is 16.4 Å². The fourth-order valence-corrected chi connectivity index (χ4v) is 3.75. The maximum atomic E-state index is 12.5. The molecule has 3 aromatic rings. The minimum Gasteiger partial charge on any atom is -0.469 e. The van der Waals surface area contributed by atoms with Crippen molar-refractivity contribution in [1.29, 1.82) is 0 Å². The quantitative estimate of drug-likeness (QED) is 0.784. The van der Waals surface area contributed by atoms with Crippen LogP contribution in [-0.4, -0.2) is 21.8 Å². The van der Waals surface area contributed by atoms with Gasteiger partial charge in [-0.15, -0.1) is 0 Å². The minimum absolute atomic E-state index is 0.0336. The first kappa shape index (κ1) is 15.9. The van der Waals surface area contributed by atoms with Gasteiger partial charge in [-0.1, -0.05) is 0 Å². The molecule has 0 aliphatic heterocycles. The normalized spacial score (nSPS) is 20.7. The number of amides is 1. The van der Waals surface area contributed by atoms with Crippen molar-refractivity contribution in [1.82, 2.24) is 14.7 Å². The molecule has 4 rings (SSSR count). The Hall–Kier alpha value is -2.56. The molecule has 3 aromatic heterocycles. The molecular weight excluding hydrogens is 314 g/mol. The fourth-order valence-electron chi connectivity index (χ4n) is 3.75. The van der Waals surface area contributed by atoms with Gasteiger partial charge in [0.25, 0.3) is 5.91 Å². The first-order chi connectivity index (χ1) is 12.2. The highest BCUT2D eigenvalue weighted by Crippen LogP contribution is 2.35. The van der Waals surface area contributed by atoms with E-state index in [0.29, 0.717) is 17.4 Å². The Morgan fingerprint density at radius 2 is 2.04 bits per heavy atom. The summed E-state index contributed by atoms with van der Waals surface area (Å²) < 4.78 is 7.41. The van der Waals surface area contributed by atoms with E-state index in [0.717, 1.165) is 49.3 Å². The predicted molar refractivity (Wildman–Crippen MR) is 95.7 cm³/mol. The van der Waals surface area contributed by atoms with Gasteiger partial charge in [0.1, 0.15) is 11.4 Å². The van der Waals surface area contributed by atoms with Gasteiger partial charge >= 0.3 is 0 Å². The van der Waals surface area contributed by atoms with Gasteiger partial charge in [-0.05, 0) is 62.8 Å². The number of carbonyl (C=O) groups is 1. The standard InChI is InChI=1S/C20H23N3O2/c1-14-8-10-23-11-9-17(19(23)22-14)20(24)21-13-15-4-6-16(7-5-15)18-3-2-12-25-18/h2-3,8-12,15-16H,4-7,13H2,1H3,(H,21,24). The van der Waals surface area contributed by atoms with Gasteiger partial charge in [0.15, 0.2) is 0 Å². The number of furan rings is 1. The van der Waals surface area contributed by atoms with Gasteiger partial charge in [0, 0.05) is 30.6 Å². The smallest absolute Gasteiger partial charge is 0.255 e. The first-order valence-corrected chi connectivity index (χ1v) is 8.96. The molecule has 5 nitrogen and oxygen atoms in total. The summed E-state index contributed by atoms with van der Waals surface area (Å²) >= 11 is 0. The van der Waals surface area contributed by atoms with Crippen molar-refractivity contribution < 1.29 is 9.21 Å². The molecule has 3 heterocycles. The number of carbonyl (C=O) groups excluding carboxylic acids is 1. The molecule has 0 radical (unpaired) electrons. The van der Waals surface area contributed by atoms with Crippen LogP contribution >= 0.6 is 0 Å². The molecule has 0 spiro atoms.